The molecule has 0 aromatic heterocycles. The molecule has 0 radical (unpaired) electrons. The molecule has 2 aliphatic rings. The van der Waals surface area contributed by atoms with Gasteiger partial charge in [-0.2, -0.15) is 10.3 Å². The van der Waals surface area contributed by atoms with Crippen molar-refractivity contribution in [2.75, 3.05) is 4.90 Å². The van der Waals surface area contributed by atoms with E-state index in [-0.39, 0.29) is 5.96 Å². The van der Waals surface area contributed by atoms with Crippen molar-refractivity contribution in [1.82, 2.24) is 0 Å². The third-order valence-corrected chi connectivity index (χ3v) is 4.66. The first-order valence-electron chi connectivity index (χ1n) is 7.25. The highest BCUT2D eigenvalue weighted by atomic mass is 79.9. The molecule has 1 aliphatic heterocycles. The van der Waals surface area contributed by atoms with Crippen LogP contribution in [0.4, 0.5) is 5.69 Å². The van der Waals surface area contributed by atoms with E-state index in [4.69, 9.17) is 11.5 Å². The van der Waals surface area contributed by atoms with Gasteiger partial charge in [0.2, 0.25) is 11.9 Å². The van der Waals surface area contributed by atoms with E-state index in [0.29, 0.717) is 11.5 Å². The van der Waals surface area contributed by atoms with Crippen molar-refractivity contribution in [2.24, 2.45) is 21.5 Å². The minimum absolute atomic E-state index is 0.214. The third-order valence-electron chi connectivity index (χ3n) is 4.17. The molecule has 7 heteroatoms. The molecule has 0 unspecified atom stereocenters. The van der Waals surface area contributed by atoms with Gasteiger partial charge in [0.15, 0.2) is 0 Å². The van der Waals surface area contributed by atoms with Crippen LogP contribution in [0, 0.1) is 11.3 Å². The Morgan fingerprint density at radius 1 is 1.23 bits per heavy atom. The molecule has 3 rings (SSSR count). The second-order valence-corrected chi connectivity index (χ2v) is 6.51. The maximum atomic E-state index is 9.46. The lowest BCUT2D eigenvalue weighted by Gasteiger charge is -2.45. The van der Waals surface area contributed by atoms with Crippen LogP contribution in [0.3, 0.4) is 0 Å². The average molecular weight is 361 g/mol. The largest absolute Gasteiger partial charge is 0.369 e. The molecule has 114 valence electrons. The lowest BCUT2D eigenvalue weighted by molar-refractivity contribution is 0.305. The standard InChI is InChI=1S/C15H17BrN6/c16-11-4-5-12(10(8-11)9-17)22-14(19)20-13(18)21-15(22)6-2-1-3-7-15/h4-5,8H,1-3,6-7H2,(H4,18,19,20,21). The number of hydrogen-bond donors (Lipinski definition) is 2. The fourth-order valence-corrected chi connectivity index (χ4v) is 3.62. The predicted molar refractivity (Wildman–Crippen MR) is 90.4 cm³/mol. The molecule has 4 N–H and O–H groups in total. The monoisotopic (exact) mass is 360 g/mol. The van der Waals surface area contributed by atoms with Crippen molar-refractivity contribution in [3.63, 3.8) is 0 Å². The van der Waals surface area contributed by atoms with E-state index < -0.39 is 5.66 Å². The summed E-state index contributed by atoms with van der Waals surface area (Å²) in [6, 6.07) is 7.77. The maximum Gasteiger partial charge on any atom is 0.220 e. The molecule has 1 aliphatic carbocycles. The van der Waals surface area contributed by atoms with Crippen LogP contribution >= 0.6 is 15.9 Å². The van der Waals surface area contributed by atoms with Crippen LogP contribution in [0.5, 0.6) is 0 Å². The molecular formula is C15H17BrN6. The number of rotatable bonds is 1. The molecular weight excluding hydrogens is 344 g/mol. The molecule has 0 atom stereocenters. The van der Waals surface area contributed by atoms with Crippen LogP contribution in [0.15, 0.2) is 32.7 Å². The summed E-state index contributed by atoms with van der Waals surface area (Å²) in [4.78, 5) is 10.6. The van der Waals surface area contributed by atoms with Crippen molar-refractivity contribution < 1.29 is 0 Å². The Kier molecular flexibility index (Phi) is 3.79. The molecule has 0 bridgehead atoms. The van der Waals surface area contributed by atoms with E-state index in [1.807, 2.05) is 17.0 Å². The van der Waals surface area contributed by atoms with Crippen molar-refractivity contribution in [2.45, 2.75) is 37.8 Å². The van der Waals surface area contributed by atoms with Gasteiger partial charge in [-0.15, -0.1) is 0 Å². The zero-order chi connectivity index (χ0) is 15.7. The van der Waals surface area contributed by atoms with E-state index >= 15 is 0 Å². The highest BCUT2D eigenvalue weighted by molar-refractivity contribution is 9.10. The Morgan fingerprint density at radius 2 is 1.95 bits per heavy atom. The van der Waals surface area contributed by atoms with E-state index in [9.17, 15) is 5.26 Å². The molecule has 1 fully saturated rings. The summed E-state index contributed by atoms with van der Waals surface area (Å²) in [5.74, 6) is 0.513. The van der Waals surface area contributed by atoms with Gasteiger partial charge in [0.25, 0.3) is 0 Å². The fourth-order valence-electron chi connectivity index (χ4n) is 3.26. The van der Waals surface area contributed by atoms with Crippen LogP contribution in [0.2, 0.25) is 0 Å². The molecule has 1 spiro atoms. The number of anilines is 1. The normalized spacial score (nSPS) is 20.3. The summed E-state index contributed by atoms with van der Waals surface area (Å²) in [5.41, 5.74) is 12.8. The van der Waals surface area contributed by atoms with Crippen LogP contribution < -0.4 is 16.4 Å². The van der Waals surface area contributed by atoms with Gasteiger partial charge in [0.05, 0.1) is 11.3 Å². The number of nitrogens with two attached hydrogens (primary N) is 2. The van der Waals surface area contributed by atoms with Crippen molar-refractivity contribution in [1.29, 1.82) is 5.26 Å². The number of aliphatic imine (C=N–C) groups is 2. The summed E-state index contributed by atoms with van der Waals surface area (Å²) in [5, 5.41) is 9.46. The summed E-state index contributed by atoms with van der Waals surface area (Å²) >= 11 is 3.39. The van der Waals surface area contributed by atoms with Gasteiger partial charge in [-0.3, -0.25) is 4.90 Å². The topological polar surface area (TPSA) is 104 Å². The molecule has 0 amide bonds. The Bertz CT molecular complexity index is 696. The first-order chi connectivity index (χ1) is 10.6. The molecule has 1 saturated carbocycles. The lowest BCUT2D eigenvalue weighted by atomic mass is 9.87. The molecule has 22 heavy (non-hydrogen) atoms. The smallest absolute Gasteiger partial charge is 0.220 e. The van der Waals surface area contributed by atoms with Gasteiger partial charge < -0.3 is 11.5 Å². The van der Waals surface area contributed by atoms with E-state index in [1.54, 1.807) is 6.07 Å². The zero-order valence-electron chi connectivity index (χ0n) is 12.1. The van der Waals surface area contributed by atoms with Gasteiger partial charge >= 0.3 is 0 Å². The minimum atomic E-state index is -0.520. The molecule has 0 saturated heterocycles. The van der Waals surface area contributed by atoms with E-state index in [2.05, 4.69) is 32.0 Å². The van der Waals surface area contributed by atoms with Gasteiger partial charge in [-0.25, -0.2) is 4.99 Å². The lowest BCUT2D eigenvalue weighted by Crippen LogP contribution is -2.58. The van der Waals surface area contributed by atoms with Crippen LogP contribution in [0.1, 0.15) is 37.7 Å². The fraction of sp³-hybridized carbons (Fsp3) is 0.400. The Labute approximate surface area is 137 Å². The van der Waals surface area contributed by atoms with E-state index in [0.717, 1.165) is 35.8 Å². The molecule has 1 aromatic rings. The number of halogens is 1. The Morgan fingerprint density at radius 3 is 2.64 bits per heavy atom. The Hall–Kier alpha value is -2.07. The number of nitriles is 1. The predicted octanol–water partition coefficient (Wildman–Crippen LogP) is 2.43. The van der Waals surface area contributed by atoms with Gasteiger partial charge in [0.1, 0.15) is 11.7 Å². The number of nitrogens with zero attached hydrogens (tertiary/aromatic N) is 4. The maximum absolute atomic E-state index is 9.46. The zero-order valence-corrected chi connectivity index (χ0v) is 13.7. The van der Waals surface area contributed by atoms with Gasteiger partial charge in [-0.05, 0) is 43.9 Å². The van der Waals surface area contributed by atoms with Gasteiger partial charge in [0, 0.05) is 4.47 Å². The number of guanidine groups is 2. The second-order valence-electron chi connectivity index (χ2n) is 5.59. The average Bonchev–Trinajstić information content (AvgIpc) is 2.48. The number of hydrogen-bond acceptors (Lipinski definition) is 6. The Balaban J connectivity index is 2.15. The molecule has 6 nitrogen and oxygen atoms in total. The summed E-state index contributed by atoms with van der Waals surface area (Å²) in [6.45, 7) is 0. The van der Waals surface area contributed by atoms with Crippen molar-refractivity contribution >= 4 is 33.5 Å². The van der Waals surface area contributed by atoms with Crippen molar-refractivity contribution in [3.8, 4) is 6.07 Å². The molecule has 1 heterocycles. The number of benzene rings is 1. The first-order valence-corrected chi connectivity index (χ1v) is 8.04. The highest BCUT2D eigenvalue weighted by Crippen LogP contribution is 2.40. The van der Waals surface area contributed by atoms with Crippen LogP contribution in [-0.4, -0.2) is 17.6 Å². The van der Waals surface area contributed by atoms with Crippen molar-refractivity contribution in [3.05, 3.63) is 28.2 Å². The molecule has 1 aromatic carbocycles. The highest BCUT2D eigenvalue weighted by Gasteiger charge is 2.43. The third kappa shape index (κ3) is 2.44. The summed E-state index contributed by atoms with van der Waals surface area (Å²) in [6.07, 6.45) is 4.99. The minimum Gasteiger partial charge on any atom is -0.369 e. The summed E-state index contributed by atoms with van der Waals surface area (Å²) in [7, 11) is 0. The second kappa shape index (κ2) is 5.61. The van der Waals surface area contributed by atoms with Crippen LogP contribution in [-0.2, 0) is 0 Å². The van der Waals surface area contributed by atoms with Crippen LogP contribution in [0.25, 0.3) is 0 Å². The summed E-state index contributed by atoms with van der Waals surface area (Å²) < 4.78 is 0.848. The van der Waals surface area contributed by atoms with E-state index in [1.165, 1.54) is 6.42 Å². The SMILES string of the molecule is N#Cc1cc(Br)ccc1N1C(N)=NC(N)=NC12CCCCC2. The quantitative estimate of drug-likeness (QED) is 0.802. The first kappa shape index (κ1) is 14.9. The van der Waals surface area contributed by atoms with Gasteiger partial charge in [-0.1, -0.05) is 22.4 Å².